The number of para-hydroxylation sites is 1. The lowest BCUT2D eigenvalue weighted by Gasteiger charge is -2.63. The predicted octanol–water partition coefficient (Wildman–Crippen LogP) is 6.38. The minimum absolute atomic E-state index is 0.00340. The number of likely N-dealkylation sites (N-methyl/N-ethyl adjacent to an activating group) is 1. The first-order chi connectivity index (χ1) is 38.4. The number of fused-ring (bicyclic) bond motifs is 8. The van der Waals surface area contributed by atoms with E-state index in [-0.39, 0.29) is 35.2 Å². The third-order valence-corrected chi connectivity index (χ3v) is 20.8. The molecule has 6 aliphatic heterocycles. The SMILES string of the molecule is CCC1(O)CC2CN(CCc3c([nH]c4ccccc34)C(C(=O)OC)(c3cc4c(cc3OC)N(C)C3C5(OC(=O)N(CCCl)C5=O)C(OC(C)=O)C5(CC)C=CCN6CCC43C65)C2)C1.O=S(=O)(O)c1cccc2c(S(=O)(=O)O)cccc12. The molecule has 12 rings (SSSR count). The van der Waals surface area contributed by atoms with E-state index in [9.17, 15) is 31.5 Å². The van der Waals surface area contributed by atoms with Gasteiger partial charge in [0.15, 0.2) is 6.10 Å². The van der Waals surface area contributed by atoms with E-state index in [1.165, 1.54) is 38.3 Å². The van der Waals surface area contributed by atoms with Crippen LogP contribution in [-0.4, -0.2) is 170 Å². The molecule has 4 aromatic carbocycles. The molecule has 1 aliphatic carbocycles. The van der Waals surface area contributed by atoms with E-state index in [0.717, 1.165) is 50.4 Å². The Morgan fingerprint density at radius 2 is 1.56 bits per heavy atom. The number of amides is 2. The molecule has 5 aromatic rings. The number of anilines is 1. The summed E-state index contributed by atoms with van der Waals surface area (Å²) in [5, 5.41) is 13.1. The number of ether oxygens (including phenoxy) is 4. The normalized spacial score (nSPS) is 31.3. The molecule has 2 bridgehead atoms. The Balaban J connectivity index is 0.000000326. The van der Waals surface area contributed by atoms with Crippen LogP contribution in [0.15, 0.2) is 94.7 Å². The lowest BCUT2D eigenvalue weighted by molar-refractivity contribution is -0.210. The van der Waals surface area contributed by atoms with Crippen molar-refractivity contribution in [1.29, 1.82) is 0 Å². The minimum Gasteiger partial charge on any atom is -0.496 e. The monoisotopic (exact) mass is 1170 g/mol. The van der Waals surface area contributed by atoms with Crippen molar-refractivity contribution in [3.8, 4) is 5.75 Å². The summed E-state index contributed by atoms with van der Waals surface area (Å²) in [5.41, 5.74) is -1.32. The van der Waals surface area contributed by atoms with E-state index in [2.05, 4.69) is 39.1 Å². The van der Waals surface area contributed by atoms with Gasteiger partial charge in [0.1, 0.15) is 21.0 Å². The zero-order valence-corrected chi connectivity index (χ0v) is 48.2. The summed E-state index contributed by atoms with van der Waals surface area (Å²) in [5.74, 6) is -1.29. The van der Waals surface area contributed by atoms with Crippen LogP contribution < -0.4 is 9.64 Å². The Morgan fingerprint density at radius 1 is 0.877 bits per heavy atom. The van der Waals surface area contributed by atoms with Gasteiger partial charge in [-0.1, -0.05) is 68.5 Å². The second-order valence-corrected chi connectivity index (χ2v) is 25.9. The Bertz CT molecular complexity index is 3640. The highest BCUT2D eigenvalue weighted by Crippen LogP contribution is 2.69. The summed E-state index contributed by atoms with van der Waals surface area (Å²) in [4.78, 5) is 69.0. The molecule has 3 saturated heterocycles. The van der Waals surface area contributed by atoms with Gasteiger partial charge in [-0.25, -0.2) is 9.69 Å². The molecule has 23 heteroatoms. The smallest absolute Gasteiger partial charge is 0.417 e. The van der Waals surface area contributed by atoms with Crippen molar-refractivity contribution in [2.24, 2.45) is 11.3 Å². The maximum absolute atomic E-state index is 15.5. The molecule has 20 nitrogen and oxygen atoms in total. The quantitative estimate of drug-likeness (QED) is 0.0389. The van der Waals surface area contributed by atoms with Gasteiger partial charge in [-0.05, 0) is 86.4 Å². The molecular formula is C58H66ClN5O15S2. The number of carbonyl (C=O) groups excluding carboxylic acids is 4. The number of nitrogens with zero attached hydrogens (tertiary/aromatic N) is 4. The molecule has 2 amide bonds. The van der Waals surface area contributed by atoms with Crippen molar-refractivity contribution in [1.82, 2.24) is 19.7 Å². The Morgan fingerprint density at radius 3 is 2.17 bits per heavy atom. The number of methoxy groups -OCH3 is 2. The van der Waals surface area contributed by atoms with Crippen molar-refractivity contribution >= 4 is 83.1 Å². The molecule has 0 radical (unpaired) electrons. The Kier molecular flexibility index (Phi) is 14.1. The number of halogens is 1. The van der Waals surface area contributed by atoms with Crippen LogP contribution in [0.1, 0.15) is 75.3 Å². The van der Waals surface area contributed by atoms with Crippen molar-refractivity contribution in [3.05, 3.63) is 107 Å². The van der Waals surface area contributed by atoms with Crippen LogP contribution in [0, 0.1) is 11.3 Å². The number of H-pyrrole nitrogens is 1. The molecule has 4 N–H and O–H groups in total. The molecule has 1 saturated carbocycles. The number of carbonyl (C=O) groups is 4. The third-order valence-electron chi connectivity index (χ3n) is 18.8. The molecule has 1 aromatic heterocycles. The fourth-order valence-corrected chi connectivity index (χ4v) is 17.5. The van der Waals surface area contributed by atoms with E-state index in [0.29, 0.717) is 82.6 Å². The third kappa shape index (κ3) is 8.35. The van der Waals surface area contributed by atoms with Gasteiger partial charge in [0.2, 0.25) is 0 Å². The van der Waals surface area contributed by atoms with Gasteiger partial charge in [-0.2, -0.15) is 16.8 Å². The van der Waals surface area contributed by atoms with Gasteiger partial charge in [-0.15, -0.1) is 11.6 Å². The van der Waals surface area contributed by atoms with Crippen LogP contribution in [0.25, 0.3) is 21.7 Å². The maximum atomic E-state index is 15.5. The zero-order chi connectivity index (χ0) is 58.0. The van der Waals surface area contributed by atoms with E-state index < -0.39 is 93.6 Å². The number of aromatic amines is 1. The van der Waals surface area contributed by atoms with Crippen molar-refractivity contribution in [2.75, 3.05) is 71.3 Å². The molecular weight excluding hydrogens is 1110 g/mol. The number of alkyl halides is 1. The average Bonchev–Trinajstić information content (AvgIpc) is 2.93. The number of rotatable bonds is 10. The van der Waals surface area contributed by atoms with Gasteiger partial charge in [-0.3, -0.25) is 33.3 Å². The Hall–Kier alpha value is -6.11. The minimum atomic E-state index is -4.47. The molecule has 432 valence electrons. The number of esters is 2. The molecule has 7 aliphatic rings. The molecule has 10 atom stereocenters. The van der Waals surface area contributed by atoms with Crippen molar-refractivity contribution < 1.29 is 69.2 Å². The van der Waals surface area contributed by atoms with Gasteiger partial charge in [0.05, 0.1) is 25.9 Å². The maximum Gasteiger partial charge on any atom is 0.417 e. The largest absolute Gasteiger partial charge is 0.496 e. The van der Waals surface area contributed by atoms with E-state index in [1.807, 2.05) is 50.1 Å². The molecule has 10 unspecified atom stereocenters. The summed E-state index contributed by atoms with van der Waals surface area (Å²) in [6.07, 6.45) is 5.22. The summed E-state index contributed by atoms with van der Waals surface area (Å²) in [7, 11) is -3.99. The first-order valence-electron chi connectivity index (χ1n) is 27.2. The number of imide groups is 1. The number of hydrogen-bond acceptors (Lipinski definition) is 16. The summed E-state index contributed by atoms with van der Waals surface area (Å²) in [6, 6.07) is 18.6. The number of piperidine rings is 1. The number of nitrogens with one attached hydrogen (secondary N) is 1. The van der Waals surface area contributed by atoms with Crippen LogP contribution >= 0.6 is 11.6 Å². The lowest BCUT2D eigenvalue weighted by Crippen LogP contribution is -2.81. The first kappa shape index (κ1) is 56.7. The zero-order valence-electron chi connectivity index (χ0n) is 45.8. The average molecular weight is 1170 g/mol. The molecule has 81 heavy (non-hydrogen) atoms. The number of hydrogen-bond donors (Lipinski definition) is 4. The van der Waals surface area contributed by atoms with Gasteiger partial charge in [0.25, 0.3) is 31.7 Å². The Labute approximate surface area is 474 Å². The van der Waals surface area contributed by atoms with Crippen LogP contribution in [0.3, 0.4) is 0 Å². The first-order valence-corrected chi connectivity index (χ1v) is 30.6. The fraction of sp³-hybridized carbons (Fsp3) is 0.483. The van der Waals surface area contributed by atoms with Crippen LogP contribution in [0.5, 0.6) is 5.75 Å². The molecule has 2 spiro atoms. The van der Waals surface area contributed by atoms with Crippen molar-refractivity contribution in [3.63, 3.8) is 0 Å². The predicted molar refractivity (Wildman–Crippen MR) is 299 cm³/mol. The summed E-state index contributed by atoms with van der Waals surface area (Å²) < 4.78 is 88.1. The lowest BCUT2D eigenvalue weighted by atomic mass is 9.47. The number of aliphatic hydroxyl groups is 1. The second-order valence-electron chi connectivity index (χ2n) is 22.8. The van der Waals surface area contributed by atoms with E-state index in [4.69, 9.17) is 39.7 Å². The van der Waals surface area contributed by atoms with Gasteiger partial charge < -0.3 is 33.9 Å². The van der Waals surface area contributed by atoms with Crippen LogP contribution in [0.2, 0.25) is 0 Å². The highest BCUT2D eigenvalue weighted by Gasteiger charge is 2.84. The van der Waals surface area contributed by atoms with E-state index >= 15 is 9.59 Å². The topological polar surface area (TPSA) is 263 Å². The highest BCUT2D eigenvalue weighted by molar-refractivity contribution is 7.86. The number of benzene rings is 4. The second kappa shape index (κ2) is 20.1. The van der Waals surface area contributed by atoms with Crippen molar-refractivity contribution in [2.45, 2.75) is 109 Å². The van der Waals surface area contributed by atoms with E-state index in [1.54, 1.807) is 7.11 Å². The van der Waals surface area contributed by atoms with Gasteiger partial charge >= 0.3 is 18.0 Å². The fourth-order valence-electron chi connectivity index (χ4n) is 15.9. The van der Waals surface area contributed by atoms with Crippen LogP contribution in [-0.2, 0) is 66.1 Å². The molecule has 7 heterocycles. The molecule has 4 fully saturated rings. The summed E-state index contributed by atoms with van der Waals surface area (Å²) >= 11 is 6.24. The summed E-state index contributed by atoms with van der Waals surface area (Å²) in [6.45, 7) is 8.54. The van der Waals surface area contributed by atoms with Gasteiger partial charge in [0, 0.05) is 114 Å². The van der Waals surface area contributed by atoms with Crippen LogP contribution in [0.4, 0.5) is 10.5 Å². The number of aromatic nitrogens is 1. The highest BCUT2D eigenvalue weighted by atomic mass is 35.5. The standard InChI is InChI=1S/C48H58ClN5O9.C10H8O6S2/c1-7-44(59)24-29-25-47(42(57)61-6,37-31(14-19-52(26-29)27-44)30-12-9-10-13-34(30)50-37)33-22-32-35(23-36(33)60-5)51(4)39-46(32)16-20-53-18-11-15-45(8-2,38(46)53)40(62-28(3)55)48(39)41(56)54(21-17-49)43(58)63-48;11-17(12,13)9-5-1-3-7-8(9)4-2-6-10(7)18(14,15)16/h9-13,15,22-23,29,38-40,50,59H,7-8,14,16-21,24-27H2,1-6H3;1-6H,(H,11,12,13)(H,14,15,16).